The van der Waals surface area contributed by atoms with Crippen molar-refractivity contribution in [2.24, 2.45) is 0 Å². The van der Waals surface area contributed by atoms with Crippen LogP contribution in [0.3, 0.4) is 0 Å². The predicted molar refractivity (Wildman–Crippen MR) is 70.8 cm³/mol. The third-order valence-electron chi connectivity index (χ3n) is 2.80. The largest absolute Gasteiger partial charge is 0.408 e. The fourth-order valence-corrected chi connectivity index (χ4v) is 2.02. The number of nitrogens with two attached hydrogens (primary N) is 1. The van der Waals surface area contributed by atoms with E-state index >= 15 is 0 Å². The number of carbonyl (C=O) groups excluding carboxylic acids is 2. The lowest BCUT2D eigenvalue weighted by atomic mass is 10.1. The summed E-state index contributed by atoms with van der Waals surface area (Å²) in [5.74, 6) is -1.71. The summed E-state index contributed by atoms with van der Waals surface area (Å²) in [6.45, 7) is -1.93. The van der Waals surface area contributed by atoms with Gasteiger partial charge in [-0.25, -0.2) is 5.06 Å². The van der Waals surface area contributed by atoms with Crippen molar-refractivity contribution in [2.45, 2.75) is 12.2 Å². The topological polar surface area (TPSA) is 84.7 Å². The number of alkyl halides is 3. The van der Waals surface area contributed by atoms with Crippen molar-refractivity contribution in [2.75, 3.05) is 18.9 Å². The first-order valence-electron chi connectivity index (χ1n) is 6.04. The molecule has 1 heterocycles. The van der Waals surface area contributed by atoms with Crippen LogP contribution >= 0.6 is 11.6 Å². The van der Waals surface area contributed by atoms with Gasteiger partial charge in [0, 0.05) is 5.69 Å². The summed E-state index contributed by atoms with van der Waals surface area (Å²) in [6, 6.07) is 2.96. The molecule has 1 saturated heterocycles. The molecule has 3 N–H and O–H groups in total. The van der Waals surface area contributed by atoms with E-state index in [2.05, 4.69) is 10.2 Å². The van der Waals surface area contributed by atoms with Crippen LogP contribution in [0.15, 0.2) is 18.2 Å². The van der Waals surface area contributed by atoms with E-state index in [1.165, 1.54) is 18.2 Å². The molecule has 2 rings (SSSR count). The monoisotopic (exact) mass is 337 g/mol. The van der Waals surface area contributed by atoms with E-state index in [9.17, 15) is 22.8 Å². The third kappa shape index (κ3) is 3.80. The van der Waals surface area contributed by atoms with Gasteiger partial charge >= 0.3 is 6.18 Å². The first-order valence-corrected chi connectivity index (χ1v) is 6.42. The minimum atomic E-state index is -4.59. The molecule has 2 amide bonds. The smallest absolute Gasteiger partial charge is 0.399 e. The van der Waals surface area contributed by atoms with Crippen LogP contribution in [-0.4, -0.2) is 42.2 Å². The van der Waals surface area contributed by atoms with Gasteiger partial charge in [0.25, 0.3) is 11.8 Å². The molecule has 0 radical (unpaired) electrons. The Morgan fingerprint density at radius 3 is 2.82 bits per heavy atom. The van der Waals surface area contributed by atoms with Crippen molar-refractivity contribution in [3.05, 3.63) is 28.8 Å². The minimum Gasteiger partial charge on any atom is -0.399 e. The average Bonchev–Trinajstić information content (AvgIpc) is 2.72. The van der Waals surface area contributed by atoms with Gasteiger partial charge in [0.05, 0.1) is 10.6 Å². The minimum absolute atomic E-state index is 0.0174. The van der Waals surface area contributed by atoms with Crippen LogP contribution < -0.4 is 11.1 Å². The Morgan fingerprint density at radius 2 is 2.18 bits per heavy atom. The second-order valence-corrected chi connectivity index (χ2v) is 4.96. The molecule has 0 aromatic heterocycles. The van der Waals surface area contributed by atoms with Crippen LogP contribution in [0, 0.1) is 0 Å². The van der Waals surface area contributed by atoms with Crippen molar-refractivity contribution < 1.29 is 27.6 Å². The Morgan fingerprint density at radius 1 is 1.50 bits per heavy atom. The van der Waals surface area contributed by atoms with Crippen LogP contribution in [0.1, 0.15) is 10.4 Å². The number of halogens is 4. The van der Waals surface area contributed by atoms with Crippen LogP contribution in [0.4, 0.5) is 18.9 Å². The van der Waals surface area contributed by atoms with E-state index in [0.717, 1.165) is 0 Å². The van der Waals surface area contributed by atoms with Gasteiger partial charge in [0.2, 0.25) is 0 Å². The number of benzene rings is 1. The highest BCUT2D eigenvalue weighted by atomic mass is 35.5. The molecule has 0 aliphatic carbocycles. The van der Waals surface area contributed by atoms with Gasteiger partial charge < -0.3 is 11.1 Å². The van der Waals surface area contributed by atoms with Gasteiger partial charge in [-0.3, -0.25) is 14.4 Å². The molecule has 6 nitrogen and oxygen atoms in total. The van der Waals surface area contributed by atoms with Crippen molar-refractivity contribution >= 4 is 29.1 Å². The summed E-state index contributed by atoms with van der Waals surface area (Å²) in [5, 5.41) is 2.54. The highest BCUT2D eigenvalue weighted by molar-refractivity contribution is 6.34. The van der Waals surface area contributed by atoms with Gasteiger partial charge in [-0.2, -0.15) is 13.2 Å². The Balaban J connectivity index is 2.04. The molecular weight excluding hydrogens is 327 g/mol. The number of anilines is 1. The highest BCUT2D eigenvalue weighted by Crippen LogP contribution is 2.21. The number of hydrogen-bond acceptors (Lipinski definition) is 4. The molecule has 1 aromatic rings. The highest BCUT2D eigenvalue weighted by Gasteiger charge is 2.41. The zero-order chi connectivity index (χ0) is 16.5. The molecule has 1 aromatic carbocycles. The number of nitrogens with one attached hydrogen (secondary N) is 1. The molecule has 0 bridgehead atoms. The number of nitrogen functional groups attached to an aromatic ring is 1. The quantitative estimate of drug-likeness (QED) is 0.816. The Kier molecular flexibility index (Phi) is 4.47. The molecule has 1 aliphatic rings. The summed E-state index contributed by atoms with van der Waals surface area (Å²) in [4.78, 5) is 28.4. The number of hydrogen-bond donors (Lipinski definition) is 2. The van der Waals surface area contributed by atoms with Gasteiger partial charge in [0.15, 0.2) is 0 Å². The molecule has 0 spiro atoms. The SMILES string of the molecule is Nc1ccc(Cl)c(C(=O)NC2CON(CC(F)(F)F)C2=O)c1. The zero-order valence-corrected chi connectivity index (χ0v) is 11.7. The fourth-order valence-electron chi connectivity index (χ4n) is 1.82. The zero-order valence-electron chi connectivity index (χ0n) is 11.0. The number of amides is 2. The standard InChI is InChI=1S/C12H11ClF3N3O3/c13-8-2-1-6(17)3-7(8)10(20)18-9-4-22-19(11(9)21)5-12(14,15)16/h1-3,9H,4-5,17H2,(H,18,20). The first-order chi connectivity index (χ1) is 10.2. The van der Waals surface area contributed by atoms with Crippen LogP contribution in [0.25, 0.3) is 0 Å². The first kappa shape index (κ1) is 16.4. The van der Waals surface area contributed by atoms with E-state index in [-0.39, 0.29) is 27.9 Å². The number of carbonyl (C=O) groups is 2. The number of nitrogens with zero attached hydrogens (tertiary/aromatic N) is 1. The van der Waals surface area contributed by atoms with Gasteiger partial charge in [0.1, 0.15) is 19.2 Å². The lowest BCUT2D eigenvalue weighted by Crippen LogP contribution is -2.44. The molecule has 120 valence electrons. The molecule has 22 heavy (non-hydrogen) atoms. The lowest BCUT2D eigenvalue weighted by Gasteiger charge is -2.16. The van der Waals surface area contributed by atoms with Gasteiger partial charge in [-0.15, -0.1) is 0 Å². The molecule has 1 fully saturated rings. The van der Waals surface area contributed by atoms with Crippen molar-refractivity contribution in [1.29, 1.82) is 0 Å². The molecule has 0 saturated carbocycles. The Bertz CT molecular complexity index is 609. The number of hydroxylamine groups is 2. The fraction of sp³-hybridized carbons (Fsp3) is 0.333. The average molecular weight is 338 g/mol. The molecule has 1 aliphatic heterocycles. The maximum absolute atomic E-state index is 12.2. The summed E-state index contributed by atoms with van der Waals surface area (Å²) in [6.07, 6.45) is -4.59. The summed E-state index contributed by atoms with van der Waals surface area (Å²) in [5.41, 5.74) is 5.83. The second-order valence-electron chi connectivity index (χ2n) is 4.55. The lowest BCUT2D eigenvalue weighted by molar-refractivity contribution is -0.214. The molecule has 1 atom stereocenters. The van der Waals surface area contributed by atoms with Gasteiger partial charge in [-0.05, 0) is 18.2 Å². The predicted octanol–water partition coefficient (Wildman–Crippen LogP) is 1.36. The van der Waals surface area contributed by atoms with Crippen LogP contribution in [0.2, 0.25) is 5.02 Å². The van der Waals surface area contributed by atoms with E-state index in [0.29, 0.717) is 0 Å². The van der Waals surface area contributed by atoms with E-state index in [1.54, 1.807) is 0 Å². The van der Waals surface area contributed by atoms with E-state index in [1.807, 2.05) is 0 Å². The third-order valence-corrected chi connectivity index (χ3v) is 3.13. The second kappa shape index (κ2) is 6.01. The molecule has 1 unspecified atom stereocenters. The van der Waals surface area contributed by atoms with Crippen LogP contribution in [-0.2, 0) is 9.63 Å². The summed E-state index contributed by atoms with van der Waals surface area (Å²) < 4.78 is 36.7. The van der Waals surface area contributed by atoms with E-state index < -0.39 is 30.6 Å². The maximum atomic E-state index is 12.2. The maximum Gasteiger partial charge on any atom is 0.408 e. The summed E-state index contributed by atoms with van der Waals surface area (Å²) in [7, 11) is 0. The molecule has 10 heteroatoms. The van der Waals surface area contributed by atoms with E-state index in [4.69, 9.17) is 17.3 Å². The Hall–Kier alpha value is -2.00. The molecular formula is C12H11ClF3N3O3. The number of rotatable bonds is 3. The normalized spacial score (nSPS) is 18.6. The Labute approximate surface area is 127 Å². The summed E-state index contributed by atoms with van der Waals surface area (Å²) >= 11 is 5.84. The van der Waals surface area contributed by atoms with Gasteiger partial charge in [-0.1, -0.05) is 11.6 Å². The van der Waals surface area contributed by atoms with Crippen molar-refractivity contribution in [3.8, 4) is 0 Å². The van der Waals surface area contributed by atoms with Crippen molar-refractivity contribution in [3.63, 3.8) is 0 Å². The van der Waals surface area contributed by atoms with Crippen molar-refractivity contribution in [1.82, 2.24) is 10.4 Å². The van der Waals surface area contributed by atoms with Crippen LogP contribution in [0.5, 0.6) is 0 Å².